The number of aromatic nitrogens is 3. The molecule has 4 aromatic rings. The molecule has 4 heterocycles. The molecule has 1 fully saturated rings. The minimum atomic E-state index is -0.639. The minimum absolute atomic E-state index is 0.0539. The predicted molar refractivity (Wildman–Crippen MR) is 128 cm³/mol. The summed E-state index contributed by atoms with van der Waals surface area (Å²) in [6.45, 7) is 9.97. The SMILES string of the molecule is CCC(C(=O)N1CCN(c2cccc(C)c2)C(C)C1)n1nc(C)n2c(cc3occc32)c1=O. The maximum atomic E-state index is 13.6. The molecule has 8 heteroatoms. The third kappa shape index (κ3) is 3.50. The van der Waals surface area contributed by atoms with Crippen molar-refractivity contribution in [3.63, 3.8) is 0 Å². The van der Waals surface area contributed by atoms with E-state index in [0.717, 1.165) is 12.1 Å². The second-order valence-corrected chi connectivity index (χ2v) is 8.92. The largest absolute Gasteiger partial charge is 0.463 e. The van der Waals surface area contributed by atoms with E-state index in [1.165, 1.54) is 15.9 Å². The van der Waals surface area contributed by atoms with Crippen molar-refractivity contribution in [2.24, 2.45) is 0 Å². The topological polar surface area (TPSA) is 76.0 Å². The van der Waals surface area contributed by atoms with Crippen molar-refractivity contribution >= 4 is 28.2 Å². The summed E-state index contributed by atoms with van der Waals surface area (Å²) in [4.78, 5) is 31.1. The van der Waals surface area contributed by atoms with Gasteiger partial charge in [-0.2, -0.15) is 5.10 Å². The number of benzene rings is 1. The van der Waals surface area contributed by atoms with E-state index >= 15 is 0 Å². The van der Waals surface area contributed by atoms with Crippen LogP contribution >= 0.6 is 0 Å². The molecule has 8 nitrogen and oxygen atoms in total. The number of piperazine rings is 1. The van der Waals surface area contributed by atoms with Gasteiger partial charge in [0.2, 0.25) is 5.91 Å². The van der Waals surface area contributed by atoms with Crippen LogP contribution in [0.15, 0.2) is 51.9 Å². The van der Waals surface area contributed by atoms with E-state index in [1.807, 2.05) is 24.8 Å². The average Bonchev–Trinajstić information content (AvgIpc) is 3.39. The van der Waals surface area contributed by atoms with E-state index in [-0.39, 0.29) is 17.5 Å². The third-order valence-electron chi connectivity index (χ3n) is 6.67. The van der Waals surface area contributed by atoms with Gasteiger partial charge in [0.25, 0.3) is 5.56 Å². The molecule has 1 aromatic carbocycles. The number of aryl methyl sites for hydroxylation is 2. The Labute approximate surface area is 192 Å². The summed E-state index contributed by atoms with van der Waals surface area (Å²) in [5, 5.41) is 4.55. The highest BCUT2D eigenvalue weighted by atomic mass is 16.3. The number of hydrogen-bond acceptors (Lipinski definition) is 5. The van der Waals surface area contributed by atoms with Crippen LogP contribution in [0.25, 0.3) is 16.6 Å². The first-order valence-corrected chi connectivity index (χ1v) is 11.5. The lowest BCUT2D eigenvalue weighted by Crippen LogP contribution is -2.55. The standard InChI is InChI=1S/C25H29N5O3/c1-5-20(30-25(32)22-14-23-21(9-12-33-23)29(22)18(4)26-30)24(31)27-10-11-28(17(3)15-27)19-8-6-7-16(2)13-19/h6-9,12-14,17,20H,5,10-11,15H2,1-4H3. The Bertz CT molecular complexity index is 1400. The molecular weight excluding hydrogens is 418 g/mol. The van der Waals surface area contributed by atoms with E-state index in [1.54, 1.807) is 16.7 Å². The number of amides is 1. The van der Waals surface area contributed by atoms with Crippen molar-refractivity contribution in [3.05, 3.63) is 64.4 Å². The van der Waals surface area contributed by atoms with Gasteiger partial charge in [-0.15, -0.1) is 0 Å². The Balaban J connectivity index is 1.43. The van der Waals surface area contributed by atoms with Gasteiger partial charge in [0.15, 0.2) is 5.58 Å². The number of nitrogens with zero attached hydrogens (tertiary/aromatic N) is 5. The molecule has 3 aromatic heterocycles. The third-order valence-corrected chi connectivity index (χ3v) is 6.67. The summed E-state index contributed by atoms with van der Waals surface area (Å²) < 4.78 is 8.63. The van der Waals surface area contributed by atoms with E-state index in [2.05, 4.69) is 48.1 Å². The van der Waals surface area contributed by atoms with Crippen molar-refractivity contribution < 1.29 is 9.21 Å². The van der Waals surface area contributed by atoms with Gasteiger partial charge in [0, 0.05) is 43.5 Å². The lowest BCUT2D eigenvalue weighted by molar-refractivity contribution is -0.136. The van der Waals surface area contributed by atoms with Gasteiger partial charge in [-0.1, -0.05) is 19.1 Å². The molecule has 1 aliphatic heterocycles. The van der Waals surface area contributed by atoms with E-state index in [9.17, 15) is 9.59 Å². The van der Waals surface area contributed by atoms with Crippen LogP contribution in [0.1, 0.15) is 37.7 Å². The van der Waals surface area contributed by atoms with Gasteiger partial charge in [-0.25, -0.2) is 4.68 Å². The first-order valence-electron chi connectivity index (χ1n) is 11.5. The zero-order valence-electron chi connectivity index (χ0n) is 19.5. The number of carbonyl (C=O) groups is 1. The second-order valence-electron chi connectivity index (χ2n) is 8.92. The van der Waals surface area contributed by atoms with Crippen molar-refractivity contribution in [2.75, 3.05) is 24.5 Å². The van der Waals surface area contributed by atoms with Gasteiger partial charge in [0.1, 0.15) is 17.4 Å². The summed E-state index contributed by atoms with van der Waals surface area (Å²) >= 11 is 0. The summed E-state index contributed by atoms with van der Waals surface area (Å²) in [6, 6.07) is 11.5. The number of carbonyl (C=O) groups excluding carboxylic acids is 1. The minimum Gasteiger partial charge on any atom is -0.463 e. The monoisotopic (exact) mass is 447 g/mol. The van der Waals surface area contributed by atoms with Crippen molar-refractivity contribution in [1.82, 2.24) is 19.1 Å². The Morgan fingerprint density at radius 1 is 1.18 bits per heavy atom. The number of anilines is 1. The summed E-state index contributed by atoms with van der Waals surface area (Å²) in [7, 11) is 0. The van der Waals surface area contributed by atoms with Crippen LogP contribution in [-0.4, -0.2) is 50.7 Å². The number of fused-ring (bicyclic) bond motifs is 3. The highest BCUT2D eigenvalue weighted by molar-refractivity contribution is 5.83. The molecule has 0 aliphatic carbocycles. The van der Waals surface area contributed by atoms with Crippen LogP contribution in [0.4, 0.5) is 5.69 Å². The van der Waals surface area contributed by atoms with E-state index in [0.29, 0.717) is 36.4 Å². The molecule has 0 spiro atoms. The molecule has 0 bridgehead atoms. The highest BCUT2D eigenvalue weighted by Gasteiger charge is 2.32. The molecule has 5 rings (SSSR count). The maximum absolute atomic E-state index is 13.6. The molecule has 2 atom stereocenters. The zero-order valence-corrected chi connectivity index (χ0v) is 19.5. The number of furan rings is 1. The summed E-state index contributed by atoms with van der Waals surface area (Å²) in [5.74, 6) is 0.590. The Morgan fingerprint density at radius 3 is 2.73 bits per heavy atom. The smallest absolute Gasteiger partial charge is 0.291 e. The van der Waals surface area contributed by atoms with Crippen LogP contribution in [0.2, 0.25) is 0 Å². The molecule has 1 amide bonds. The normalized spacial score (nSPS) is 17.8. The fraction of sp³-hybridized carbons (Fsp3) is 0.400. The van der Waals surface area contributed by atoms with Crippen LogP contribution in [0, 0.1) is 13.8 Å². The fourth-order valence-electron chi connectivity index (χ4n) is 5.02. The zero-order chi connectivity index (χ0) is 23.3. The van der Waals surface area contributed by atoms with Crippen molar-refractivity contribution in [1.29, 1.82) is 0 Å². The van der Waals surface area contributed by atoms with Crippen LogP contribution in [-0.2, 0) is 4.79 Å². The second kappa shape index (κ2) is 8.10. The molecule has 0 N–H and O–H groups in total. The Kier molecular flexibility index (Phi) is 5.23. The molecule has 0 saturated carbocycles. The Hall–Kier alpha value is -3.55. The lowest BCUT2D eigenvalue weighted by atomic mass is 10.1. The molecule has 33 heavy (non-hydrogen) atoms. The number of rotatable bonds is 4. The van der Waals surface area contributed by atoms with E-state index < -0.39 is 6.04 Å². The summed E-state index contributed by atoms with van der Waals surface area (Å²) in [5.41, 5.74) is 4.03. The van der Waals surface area contributed by atoms with Crippen LogP contribution in [0.5, 0.6) is 0 Å². The summed E-state index contributed by atoms with van der Waals surface area (Å²) in [6.07, 6.45) is 2.09. The first-order chi connectivity index (χ1) is 15.9. The molecule has 2 unspecified atom stereocenters. The molecule has 172 valence electrons. The van der Waals surface area contributed by atoms with Gasteiger partial charge < -0.3 is 14.2 Å². The molecule has 0 radical (unpaired) electrons. The predicted octanol–water partition coefficient (Wildman–Crippen LogP) is 3.55. The van der Waals surface area contributed by atoms with Crippen molar-refractivity contribution in [3.8, 4) is 0 Å². The lowest BCUT2D eigenvalue weighted by Gasteiger charge is -2.42. The molecular formula is C25H29N5O3. The molecule has 1 aliphatic rings. The quantitative estimate of drug-likeness (QED) is 0.478. The van der Waals surface area contributed by atoms with Crippen LogP contribution in [0.3, 0.4) is 0 Å². The molecule has 1 saturated heterocycles. The number of hydrogen-bond donors (Lipinski definition) is 0. The van der Waals surface area contributed by atoms with Gasteiger partial charge in [-0.05, 0) is 44.9 Å². The highest BCUT2D eigenvalue weighted by Crippen LogP contribution is 2.25. The van der Waals surface area contributed by atoms with E-state index in [4.69, 9.17) is 4.42 Å². The first kappa shape index (κ1) is 21.3. The van der Waals surface area contributed by atoms with Gasteiger partial charge in [-0.3, -0.25) is 14.0 Å². The average molecular weight is 448 g/mol. The van der Waals surface area contributed by atoms with Crippen molar-refractivity contribution in [2.45, 2.75) is 46.2 Å². The fourth-order valence-corrected chi connectivity index (χ4v) is 5.02. The van der Waals surface area contributed by atoms with Crippen LogP contribution < -0.4 is 10.5 Å². The maximum Gasteiger partial charge on any atom is 0.291 e. The Morgan fingerprint density at radius 2 is 2.00 bits per heavy atom. The van der Waals surface area contributed by atoms with Gasteiger partial charge >= 0.3 is 0 Å². The van der Waals surface area contributed by atoms with Gasteiger partial charge in [0.05, 0.1) is 11.8 Å².